The number of hydrazone groups is 1. The highest BCUT2D eigenvalue weighted by Gasteiger charge is 2.02. The first kappa shape index (κ1) is 22.8. The second kappa shape index (κ2) is 12.2. The van der Waals surface area contributed by atoms with E-state index < -0.39 is 0 Å². The number of pyridine rings is 2. The molecule has 0 bridgehead atoms. The molecule has 0 aliphatic heterocycles. The lowest BCUT2D eigenvalue weighted by atomic mass is 10.3. The van der Waals surface area contributed by atoms with Crippen molar-refractivity contribution in [2.75, 3.05) is 7.05 Å². The number of aryl methyl sites for hydroxylation is 1. The lowest BCUT2D eigenvalue weighted by molar-refractivity contribution is -0.122. The molecular weight excluding hydrogens is 407 g/mol. The monoisotopic (exact) mass is 424 g/mol. The number of rotatable bonds is 3. The van der Waals surface area contributed by atoms with Gasteiger partial charge in [-0.25, -0.2) is 15.0 Å². The van der Waals surface area contributed by atoms with E-state index in [0.29, 0.717) is 22.0 Å². The average molecular weight is 425 g/mol. The minimum Gasteiger partial charge on any atom is -0.483 e. The highest BCUT2D eigenvalue weighted by Crippen LogP contribution is 2.14. The molecule has 0 amide bonds. The Balaban J connectivity index is 0.000000247. The number of halogens is 2. The Morgan fingerprint density at radius 1 is 1.18 bits per heavy atom. The molecule has 0 atom stereocenters. The van der Waals surface area contributed by atoms with Crippen LogP contribution in [0, 0.1) is 0 Å². The number of carboxylic acid groups (broad SMARTS) is 1. The maximum atomic E-state index is 8.36. The molecule has 148 valence electrons. The summed E-state index contributed by atoms with van der Waals surface area (Å²) in [7, 11) is 3.50. The van der Waals surface area contributed by atoms with Gasteiger partial charge in [-0.1, -0.05) is 23.2 Å². The van der Waals surface area contributed by atoms with Gasteiger partial charge in [-0.2, -0.15) is 10.2 Å². The normalized spacial score (nSPS) is 10.1. The summed E-state index contributed by atoms with van der Waals surface area (Å²) in [6.07, 6.45) is 4.86. The van der Waals surface area contributed by atoms with Crippen molar-refractivity contribution in [2.24, 2.45) is 17.9 Å². The fourth-order valence-corrected chi connectivity index (χ4v) is 1.92. The molecule has 0 spiro atoms. The Bertz CT molecular complexity index is 882. The highest BCUT2D eigenvalue weighted by molar-refractivity contribution is 6.29. The molecule has 0 saturated carbocycles. The summed E-state index contributed by atoms with van der Waals surface area (Å²) in [6, 6.07) is 6.97. The third-order valence-corrected chi connectivity index (χ3v) is 3.29. The van der Waals surface area contributed by atoms with Gasteiger partial charge >= 0.3 is 0 Å². The van der Waals surface area contributed by atoms with Crippen molar-refractivity contribution < 1.29 is 9.90 Å². The van der Waals surface area contributed by atoms with Crippen LogP contribution in [0.1, 0.15) is 5.56 Å². The molecule has 4 N–H and O–H groups in total. The minimum atomic E-state index is -0.250. The van der Waals surface area contributed by atoms with Gasteiger partial charge in [0.15, 0.2) is 11.7 Å². The standard InChI is InChI=1S/C8H7ClN4.C7H9ClN4.CH2O2/c1-13-5-11-8(12-13)6-2-3-7(9)10-4-6;1-10-12-7(9)5-2-3-6(8)11-4-5;2-1-3/h2-5H,1H3;2-4,10H,1H3,(H2,9,12);1H,(H,2,3). The summed E-state index contributed by atoms with van der Waals surface area (Å²) in [5, 5.41) is 15.7. The third kappa shape index (κ3) is 7.98. The molecule has 3 rings (SSSR count). The van der Waals surface area contributed by atoms with Crippen LogP contribution in [0.15, 0.2) is 48.1 Å². The van der Waals surface area contributed by atoms with Crippen LogP contribution in [0.5, 0.6) is 0 Å². The largest absolute Gasteiger partial charge is 0.483 e. The van der Waals surface area contributed by atoms with Gasteiger partial charge in [0.05, 0.1) is 0 Å². The number of amidine groups is 1. The molecule has 0 aliphatic rings. The number of nitrogens with one attached hydrogen (secondary N) is 1. The van der Waals surface area contributed by atoms with E-state index >= 15 is 0 Å². The topological polar surface area (TPSA) is 144 Å². The first-order valence-electron chi connectivity index (χ1n) is 7.58. The molecule has 0 aliphatic carbocycles. The van der Waals surface area contributed by atoms with Gasteiger partial charge < -0.3 is 16.3 Å². The van der Waals surface area contributed by atoms with E-state index in [1.165, 1.54) is 0 Å². The fraction of sp³-hybridized carbons (Fsp3) is 0.125. The smallest absolute Gasteiger partial charge is 0.290 e. The van der Waals surface area contributed by atoms with Crippen molar-refractivity contribution in [3.63, 3.8) is 0 Å². The first-order chi connectivity index (χ1) is 13.4. The zero-order valence-corrected chi connectivity index (χ0v) is 16.5. The van der Waals surface area contributed by atoms with Crippen LogP contribution >= 0.6 is 23.2 Å². The van der Waals surface area contributed by atoms with Crippen molar-refractivity contribution in [3.05, 3.63) is 58.9 Å². The number of hydrogen-bond acceptors (Lipinski definition) is 7. The highest BCUT2D eigenvalue weighted by atomic mass is 35.5. The summed E-state index contributed by atoms with van der Waals surface area (Å²) in [5.41, 5.74) is 9.75. The maximum Gasteiger partial charge on any atom is 0.290 e. The second-order valence-electron chi connectivity index (χ2n) is 4.81. The lowest BCUT2D eigenvalue weighted by Gasteiger charge is -1.98. The molecule has 0 unspecified atom stereocenters. The Morgan fingerprint density at radius 2 is 1.79 bits per heavy atom. The average Bonchev–Trinajstić information content (AvgIpc) is 3.11. The van der Waals surface area contributed by atoms with Crippen molar-refractivity contribution in [3.8, 4) is 11.4 Å². The first-order valence-corrected chi connectivity index (χ1v) is 8.34. The molecule has 10 nitrogen and oxygen atoms in total. The molecule has 0 aromatic carbocycles. The van der Waals surface area contributed by atoms with Gasteiger partial charge in [0, 0.05) is 37.6 Å². The van der Waals surface area contributed by atoms with Crippen LogP contribution in [0.2, 0.25) is 10.3 Å². The summed E-state index contributed by atoms with van der Waals surface area (Å²) < 4.78 is 1.64. The van der Waals surface area contributed by atoms with Gasteiger partial charge in [0.25, 0.3) is 6.47 Å². The van der Waals surface area contributed by atoms with Gasteiger partial charge in [0.1, 0.15) is 16.6 Å². The zero-order valence-electron chi connectivity index (χ0n) is 15.0. The van der Waals surface area contributed by atoms with E-state index in [1.807, 2.05) is 13.1 Å². The van der Waals surface area contributed by atoms with Crippen LogP contribution in [-0.2, 0) is 11.8 Å². The molecule has 3 heterocycles. The van der Waals surface area contributed by atoms with Crippen LogP contribution < -0.4 is 11.2 Å². The Labute approximate surface area is 171 Å². The van der Waals surface area contributed by atoms with E-state index in [0.717, 1.165) is 11.1 Å². The van der Waals surface area contributed by atoms with Crippen LogP contribution in [0.4, 0.5) is 0 Å². The van der Waals surface area contributed by atoms with Gasteiger partial charge in [-0.05, 0) is 24.3 Å². The Hall–Kier alpha value is -3.24. The quantitative estimate of drug-likeness (QED) is 0.189. The SMILES string of the molecule is CNN=C(N)c1ccc(Cl)nc1.Cn1cnc(-c2ccc(Cl)nc2)n1.O=CO. The van der Waals surface area contributed by atoms with E-state index in [4.69, 9.17) is 38.8 Å². The lowest BCUT2D eigenvalue weighted by Crippen LogP contribution is -2.17. The van der Waals surface area contributed by atoms with Crippen LogP contribution in [0.25, 0.3) is 11.4 Å². The summed E-state index contributed by atoms with van der Waals surface area (Å²) in [6.45, 7) is -0.250. The summed E-state index contributed by atoms with van der Waals surface area (Å²) in [4.78, 5) is 20.2. The second-order valence-corrected chi connectivity index (χ2v) is 5.58. The van der Waals surface area contributed by atoms with E-state index in [9.17, 15) is 0 Å². The molecule has 0 saturated heterocycles. The van der Waals surface area contributed by atoms with Gasteiger partial charge in [-0.3, -0.25) is 9.48 Å². The summed E-state index contributed by atoms with van der Waals surface area (Å²) in [5.74, 6) is 1.05. The van der Waals surface area contributed by atoms with Gasteiger partial charge in [-0.15, -0.1) is 0 Å². The molecule has 28 heavy (non-hydrogen) atoms. The summed E-state index contributed by atoms with van der Waals surface area (Å²) >= 11 is 11.2. The number of nitrogens with zero attached hydrogens (tertiary/aromatic N) is 6. The van der Waals surface area contributed by atoms with E-state index in [2.05, 4.69) is 30.6 Å². The number of aromatic nitrogens is 5. The van der Waals surface area contributed by atoms with Crippen LogP contribution in [-0.4, -0.2) is 49.2 Å². The number of hydrogen-bond donors (Lipinski definition) is 3. The maximum absolute atomic E-state index is 8.36. The molecule has 3 aromatic heterocycles. The van der Waals surface area contributed by atoms with Crippen molar-refractivity contribution >= 4 is 35.5 Å². The minimum absolute atomic E-state index is 0.250. The number of carbonyl (C=O) groups is 1. The van der Waals surface area contributed by atoms with Crippen molar-refractivity contribution in [1.29, 1.82) is 0 Å². The molecular formula is C16H18Cl2N8O2. The third-order valence-electron chi connectivity index (χ3n) is 2.84. The van der Waals surface area contributed by atoms with Crippen molar-refractivity contribution in [2.45, 2.75) is 0 Å². The molecule has 12 heteroatoms. The predicted molar refractivity (Wildman–Crippen MR) is 107 cm³/mol. The van der Waals surface area contributed by atoms with E-state index in [-0.39, 0.29) is 6.47 Å². The zero-order chi connectivity index (χ0) is 20.9. The van der Waals surface area contributed by atoms with Gasteiger partial charge in [0.2, 0.25) is 0 Å². The Kier molecular flexibility index (Phi) is 9.94. The van der Waals surface area contributed by atoms with Crippen LogP contribution in [0.3, 0.4) is 0 Å². The molecule has 3 aromatic rings. The fourth-order valence-electron chi connectivity index (χ4n) is 1.69. The number of nitrogens with two attached hydrogens (primary N) is 1. The predicted octanol–water partition coefficient (Wildman–Crippen LogP) is 1.81. The Morgan fingerprint density at radius 3 is 2.21 bits per heavy atom. The van der Waals surface area contributed by atoms with E-state index in [1.54, 1.807) is 48.6 Å². The van der Waals surface area contributed by atoms with Crippen molar-refractivity contribution in [1.82, 2.24) is 30.2 Å². The molecule has 0 radical (unpaired) electrons. The molecule has 0 fully saturated rings.